The molecule has 0 saturated heterocycles. The van der Waals surface area contributed by atoms with Crippen molar-refractivity contribution < 1.29 is 5.11 Å². The zero-order valence-electron chi connectivity index (χ0n) is 5.93. The van der Waals surface area contributed by atoms with Gasteiger partial charge >= 0.3 is 0 Å². The van der Waals surface area contributed by atoms with Gasteiger partial charge < -0.3 is 10.4 Å². The van der Waals surface area contributed by atoms with Crippen molar-refractivity contribution >= 4 is 0 Å². The number of rotatable bonds is 3. The van der Waals surface area contributed by atoms with Crippen LogP contribution >= 0.6 is 0 Å². The second-order valence-electron chi connectivity index (χ2n) is 2.77. The normalized spacial score (nSPS) is 34.0. The highest BCUT2D eigenvalue weighted by Gasteiger charge is 2.26. The first-order valence-electron chi connectivity index (χ1n) is 3.71. The van der Waals surface area contributed by atoms with Crippen LogP contribution in [0.1, 0.15) is 19.8 Å². The molecule has 0 atom stereocenters. The second-order valence-corrected chi connectivity index (χ2v) is 2.77. The summed E-state index contributed by atoms with van der Waals surface area (Å²) in [4.78, 5) is 0. The predicted octanol–water partition coefficient (Wildman–Crippen LogP) is 0.367. The number of aliphatic hydroxyl groups excluding tert-OH is 1. The number of hydrogen-bond acceptors (Lipinski definition) is 2. The third-order valence-corrected chi connectivity index (χ3v) is 1.99. The van der Waals surface area contributed by atoms with Crippen LogP contribution in [0, 0.1) is 5.92 Å². The van der Waals surface area contributed by atoms with Crippen molar-refractivity contribution in [2.45, 2.75) is 25.8 Å². The Hall–Kier alpha value is -0.0800. The van der Waals surface area contributed by atoms with E-state index in [2.05, 4.69) is 12.2 Å². The third-order valence-electron chi connectivity index (χ3n) is 1.99. The van der Waals surface area contributed by atoms with E-state index in [0.29, 0.717) is 18.6 Å². The lowest BCUT2D eigenvalue weighted by Crippen LogP contribution is -2.42. The Labute approximate surface area is 56.3 Å². The van der Waals surface area contributed by atoms with Crippen molar-refractivity contribution in [3.05, 3.63) is 0 Å². The Balaban J connectivity index is 1.98. The van der Waals surface area contributed by atoms with E-state index in [9.17, 15) is 0 Å². The van der Waals surface area contributed by atoms with Crippen molar-refractivity contribution in [1.29, 1.82) is 0 Å². The van der Waals surface area contributed by atoms with Crippen molar-refractivity contribution in [2.75, 3.05) is 13.2 Å². The Kier molecular flexibility index (Phi) is 2.49. The molecule has 0 aromatic heterocycles. The molecule has 1 aliphatic rings. The quantitative estimate of drug-likeness (QED) is 0.577. The lowest BCUT2D eigenvalue weighted by Gasteiger charge is -2.34. The highest BCUT2D eigenvalue weighted by molar-refractivity contribution is 4.83. The van der Waals surface area contributed by atoms with E-state index in [-0.39, 0.29) is 0 Å². The number of aliphatic hydroxyl groups is 1. The van der Waals surface area contributed by atoms with Crippen LogP contribution in [0.4, 0.5) is 0 Å². The van der Waals surface area contributed by atoms with Crippen LogP contribution in [0.25, 0.3) is 0 Å². The molecule has 54 valence electrons. The molecule has 2 heteroatoms. The summed E-state index contributed by atoms with van der Waals surface area (Å²) < 4.78 is 0. The molecule has 2 nitrogen and oxygen atoms in total. The van der Waals surface area contributed by atoms with Gasteiger partial charge in [0, 0.05) is 12.6 Å². The van der Waals surface area contributed by atoms with Crippen molar-refractivity contribution in [3.63, 3.8) is 0 Å². The van der Waals surface area contributed by atoms with E-state index < -0.39 is 0 Å². The topological polar surface area (TPSA) is 32.3 Å². The van der Waals surface area contributed by atoms with E-state index in [1.807, 2.05) is 0 Å². The Bertz CT molecular complexity index is 79.0. The molecule has 9 heavy (non-hydrogen) atoms. The fourth-order valence-corrected chi connectivity index (χ4v) is 1.34. The average molecular weight is 129 g/mol. The van der Waals surface area contributed by atoms with Crippen LogP contribution in [0.3, 0.4) is 0 Å². The maximum absolute atomic E-state index is 8.64. The van der Waals surface area contributed by atoms with Crippen molar-refractivity contribution in [3.8, 4) is 0 Å². The molecule has 0 aliphatic heterocycles. The molecule has 0 amide bonds. The molecule has 1 fully saturated rings. The SMILES string of the molecule is CCNC1CC(CO)C1. The largest absolute Gasteiger partial charge is 0.396 e. The minimum atomic E-state index is 0.377. The smallest absolute Gasteiger partial charge is 0.0460 e. The zero-order chi connectivity index (χ0) is 6.69. The van der Waals surface area contributed by atoms with Crippen LogP contribution < -0.4 is 5.32 Å². The Morgan fingerprint density at radius 2 is 2.22 bits per heavy atom. The predicted molar refractivity (Wildman–Crippen MR) is 37.3 cm³/mol. The summed E-state index contributed by atoms with van der Waals surface area (Å²) in [6.45, 7) is 3.55. The molecule has 0 heterocycles. The van der Waals surface area contributed by atoms with Crippen LogP contribution in [0.5, 0.6) is 0 Å². The maximum atomic E-state index is 8.64. The van der Waals surface area contributed by atoms with E-state index in [1.54, 1.807) is 0 Å². The van der Waals surface area contributed by atoms with Crippen LogP contribution in [-0.2, 0) is 0 Å². The summed E-state index contributed by atoms with van der Waals surface area (Å²) in [6, 6.07) is 0.701. The van der Waals surface area contributed by atoms with Crippen LogP contribution in [0.15, 0.2) is 0 Å². The van der Waals surface area contributed by atoms with Gasteiger partial charge in [0.15, 0.2) is 0 Å². The molecule has 2 N–H and O–H groups in total. The summed E-state index contributed by atoms with van der Waals surface area (Å²) in [5.41, 5.74) is 0. The van der Waals surface area contributed by atoms with Gasteiger partial charge in [-0.05, 0) is 25.3 Å². The molecule has 0 bridgehead atoms. The third kappa shape index (κ3) is 1.66. The second kappa shape index (κ2) is 3.18. The van der Waals surface area contributed by atoms with E-state index in [4.69, 9.17) is 5.11 Å². The molecule has 0 spiro atoms. The first-order chi connectivity index (χ1) is 4.36. The van der Waals surface area contributed by atoms with Gasteiger partial charge in [-0.25, -0.2) is 0 Å². The van der Waals surface area contributed by atoms with Gasteiger partial charge in [0.25, 0.3) is 0 Å². The Morgan fingerprint density at radius 1 is 1.56 bits per heavy atom. The van der Waals surface area contributed by atoms with Crippen LogP contribution in [-0.4, -0.2) is 24.3 Å². The van der Waals surface area contributed by atoms with E-state index in [1.165, 1.54) is 12.8 Å². The van der Waals surface area contributed by atoms with Crippen LogP contribution in [0.2, 0.25) is 0 Å². The minimum Gasteiger partial charge on any atom is -0.396 e. The summed E-state index contributed by atoms with van der Waals surface area (Å²) >= 11 is 0. The monoisotopic (exact) mass is 129 g/mol. The van der Waals surface area contributed by atoms with Crippen molar-refractivity contribution in [1.82, 2.24) is 5.32 Å². The summed E-state index contributed by atoms with van der Waals surface area (Å²) in [5, 5.41) is 12.0. The van der Waals surface area contributed by atoms with Gasteiger partial charge in [0.05, 0.1) is 0 Å². The summed E-state index contributed by atoms with van der Waals surface area (Å²) in [5.74, 6) is 0.592. The Morgan fingerprint density at radius 3 is 2.67 bits per heavy atom. The molecule has 0 unspecified atom stereocenters. The van der Waals surface area contributed by atoms with Gasteiger partial charge in [-0.2, -0.15) is 0 Å². The molecule has 0 aromatic carbocycles. The molecule has 0 radical (unpaired) electrons. The van der Waals surface area contributed by atoms with Gasteiger partial charge in [-0.3, -0.25) is 0 Å². The standard InChI is InChI=1S/C7H15NO/c1-2-8-7-3-6(4-7)5-9/h6-9H,2-5H2,1H3. The molecular formula is C7H15NO. The first kappa shape index (κ1) is 7.03. The van der Waals surface area contributed by atoms with E-state index >= 15 is 0 Å². The lowest BCUT2D eigenvalue weighted by molar-refractivity contribution is 0.128. The highest BCUT2D eigenvalue weighted by atomic mass is 16.3. The van der Waals surface area contributed by atoms with Gasteiger partial charge in [0.2, 0.25) is 0 Å². The first-order valence-corrected chi connectivity index (χ1v) is 3.71. The fraction of sp³-hybridized carbons (Fsp3) is 1.00. The maximum Gasteiger partial charge on any atom is 0.0460 e. The van der Waals surface area contributed by atoms with E-state index in [0.717, 1.165) is 6.54 Å². The molecule has 1 rings (SSSR count). The zero-order valence-corrected chi connectivity index (χ0v) is 5.93. The highest BCUT2D eigenvalue weighted by Crippen LogP contribution is 2.26. The number of nitrogens with one attached hydrogen (secondary N) is 1. The molecule has 1 aliphatic carbocycles. The summed E-state index contributed by atoms with van der Waals surface area (Å²) in [7, 11) is 0. The van der Waals surface area contributed by atoms with Gasteiger partial charge in [0.1, 0.15) is 0 Å². The lowest BCUT2D eigenvalue weighted by atomic mass is 9.81. The van der Waals surface area contributed by atoms with Gasteiger partial charge in [-0.15, -0.1) is 0 Å². The summed E-state index contributed by atoms with van der Waals surface area (Å²) in [6.07, 6.45) is 2.34. The average Bonchev–Trinajstić information content (AvgIpc) is 1.77. The number of hydrogen-bond donors (Lipinski definition) is 2. The molecule has 1 saturated carbocycles. The molecular weight excluding hydrogens is 114 g/mol. The fourth-order valence-electron chi connectivity index (χ4n) is 1.34. The van der Waals surface area contributed by atoms with Crippen molar-refractivity contribution in [2.24, 2.45) is 5.92 Å². The minimum absolute atomic E-state index is 0.377. The van der Waals surface area contributed by atoms with Gasteiger partial charge in [-0.1, -0.05) is 6.92 Å². The molecule has 0 aromatic rings.